The highest BCUT2D eigenvalue weighted by atomic mass is 19.3. The van der Waals surface area contributed by atoms with Gasteiger partial charge in [-0.25, -0.2) is 4.79 Å². The lowest BCUT2D eigenvalue weighted by Gasteiger charge is -2.09. The van der Waals surface area contributed by atoms with Crippen molar-refractivity contribution < 1.29 is 23.4 Å². The molecule has 0 saturated carbocycles. The van der Waals surface area contributed by atoms with E-state index in [9.17, 15) is 13.6 Å². The number of ether oxygens (including phenoxy) is 1. The highest BCUT2D eigenvalue weighted by Gasteiger charge is 2.18. The Hall–Kier alpha value is -2.88. The van der Waals surface area contributed by atoms with Crippen molar-refractivity contribution >= 4 is 5.97 Å². The molecule has 1 heterocycles. The molecule has 0 fully saturated rings. The fourth-order valence-corrected chi connectivity index (χ4v) is 1.65. The van der Waals surface area contributed by atoms with Crippen molar-refractivity contribution in [2.24, 2.45) is 7.05 Å². The first kappa shape index (κ1) is 14.5. The normalized spacial score (nSPS) is 10.1. The third kappa shape index (κ3) is 3.57. The molecule has 0 spiro atoms. The Morgan fingerprint density at radius 3 is 2.76 bits per heavy atom. The van der Waals surface area contributed by atoms with Gasteiger partial charge in [0.15, 0.2) is 5.75 Å². The summed E-state index contributed by atoms with van der Waals surface area (Å²) in [6.45, 7) is -3.13. The van der Waals surface area contributed by atoms with Crippen LogP contribution in [0.25, 0.3) is 0 Å². The predicted octanol–water partition coefficient (Wildman–Crippen LogP) is 2.12. The van der Waals surface area contributed by atoms with Gasteiger partial charge in [-0.1, -0.05) is 17.9 Å². The van der Waals surface area contributed by atoms with Gasteiger partial charge in [0.2, 0.25) is 0 Å². The number of aromatic nitrogens is 2. The lowest BCUT2D eigenvalue weighted by Crippen LogP contribution is -2.09. The highest BCUT2D eigenvalue weighted by molar-refractivity contribution is 5.92. The summed E-state index contributed by atoms with van der Waals surface area (Å²) in [5.41, 5.74) is 0.272. The van der Waals surface area contributed by atoms with Crippen LogP contribution in [-0.2, 0) is 7.05 Å². The Balaban J connectivity index is 2.45. The van der Waals surface area contributed by atoms with E-state index in [-0.39, 0.29) is 11.1 Å². The Bertz CT molecular complexity index is 729. The third-order valence-corrected chi connectivity index (χ3v) is 2.50. The number of carboxylic acid groups (broad SMARTS) is 1. The van der Waals surface area contributed by atoms with Gasteiger partial charge in [0.25, 0.3) is 0 Å². The van der Waals surface area contributed by atoms with Gasteiger partial charge in [-0.3, -0.25) is 4.68 Å². The summed E-state index contributed by atoms with van der Waals surface area (Å²) in [5.74, 6) is 3.52. The molecular formula is C14H10F2N2O3. The molecule has 1 aromatic carbocycles. The van der Waals surface area contributed by atoms with Crippen molar-refractivity contribution in [2.75, 3.05) is 0 Å². The lowest BCUT2D eigenvalue weighted by molar-refractivity contribution is -0.0505. The van der Waals surface area contributed by atoms with Crippen LogP contribution < -0.4 is 4.74 Å². The van der Waals surface area contributed by atoms with Crippen LogP contribution in [0.4, 0.5) is 8.78 Å². The van der Waals surface area contributed by atoms with Gasteiger partial charge in [-0.05, 0) is 12.1 Å². The van der Waals surface area contributed by atoms with E-state index in [1.165, 1.54) is 29.1 Å². The molecule has 2 aromatic rings. The number of hydrogen-bond acceptors (Lipinski definition) is 3. The number of alkyl halides is 2. The van der Waals surface area contributed by atoms with Crippen molar-refractivity contribution in [3.8, 4) is 17.6 Å². The second-order valence-corrected chi connectivity index (χ2v) is 4.02. The molecule has 0 aliphatic carbocycles. The summed E-state index contributed by atoms with van der Waals surface area (Å²) >= 11 is 0. The quantitative estimate of drug-likeness (QED) is 0.880. The minimum absolute atomic E-state index is 0.0686. The van der Waals surface area contributed by atoms with Crippen molar-refractivity contribution in [1.82, 2.24) is 9.78 Å². The fourth-order valence-electron chi connectivity index (χ4n) is 1.65. The molecule has 0 amide bonds. The number of carboxylic acids is 1. The molecule has 0 unspecified atom stereocenters. The van der Waals surface area contributed by atoms with Gasteiger partial charge in [0.05, 0.1) is 17.3 Å². The zero-order valence-corrected chi connectivity index (χ0v) is 10.9. The number of hydrogen-bond donors (Lipinski definition) is 1. The fraction of sp³-hybridized carbons (Fsp3) is 0.143. The second kappa shape index (κ2) is 6.05. The predicted molar refractivity (Wildman–Crippen MR) is 69.2 cm³/mol. The van der Waals surface area contributed by atoms with Gasteiger partial charge in [-0.2, -0.15) is 13.9 Å². The summed E-state index contributed by atoms with van der Waals surface area (Å²) in [7, 11) is 1.71. The maximum Gasteiger partial charge on any atom is 0.387 e. The number of aromatic carboxylic acids is 1. The van der Waals surface area contributed by atoms with Crippen molar-refractivity contribution in [2.45, 2.75) is 6.61 Å². The Morgan fingerprint density at radius 2 is 2.19 bits per heavy atom. The van der Waals surface area contributed by atoms with Crippen LogP contribution in [0.3, 0.4) is 0 Å². The summed E-state index contributed by atoms with van der Waals surface area (Å²) in [4.78, 5) is 11.0. The molecule has 5 nitrogen and oxygen atoms in total. The topological polar surface area (TPSA) is 64.4 Å². The van der Waals surface area contributed by atoms with Crippen LogP contribution in [0.15, 0.2) is 30.6 Å². The Kier molecular flexibility index (Phi) is 4.18. The average Bonchev–Trinajstić information content (AvgIpc) is 2.82. The SMILES string of the molecule is Cn1cc(C#Cc2cccc(C(=O)O)c2OC(F)F)cn1. The molecule has 0 aliphatic heterocycles. The minimum Gasteiger partial charge on any atom is -0.478 e. The number of para-hydroxylation sites is 1. The van der Waals surface area contributed by atoms with Gasteiger partial charge < -0.3 is 9.84 Å². The summed E-state index contributed by atoms with van der Waals surface area (Å²) < 4.78 is 30.7. The molecule has 21 heavy (non-hydrogen) atoms. The van der Waals surface area contributed by atoms with Crippen molar-refractivity contribution in [3.05, 3.63) is 47.3 Å². The first-order valence-electron chi connectivity index (χ1n) is 5.79. The number of rotatable bonds is 3. The smallest absolute Gasteiger partial charge is 0.387 e. The zero-order valence-electron chi connectivity index (χ0n) is 10.9. The van der Waals surface area contributed by atoms with Crippen LogP contribution in [0.5, 0.6) is 5.75 Å². The van der Waals surface area contributed by atoms with Gasteiger partial charge in [0.1, 0.15) is 5.56 Å². The van der Waals surface area contributed by atoms with E-state index >= 15 is 0 Å². The first-order chi connectivity index (χ1) is 9.97. The number of aryl methyl sites for hydroxylation is 1. The minimum atomic E-state index is -3.13. The summed E-state index contributed by atoms with van der Waals surface area (Å²) in [5, 5.41) is 12.9. The molecule has 1 N–H and O–H groups in total. The number of nitrogens with zero attached hydrogens (tertiary/aromatic N) is 2. The van der Waals surface area contributed by atoms with E-state index in [1.54, 1.807) is 13.2 Å². The van der Waals surface area contributed by atoms with Crippen LogP contribution in [0.2, 0.25) is 0 Å². The number of benzene rings is 1. The highest BCUT2D eigenvalue weighted by Crippen LogP contribution is 2.25. The van der Waals surface area contributed by atoms with Gasteiger partial charge in [-0.15, -0.1) is 0 Å². The third-order valence-electron chi connectivity index (χ3n) is 2.50. The van der Waals surface area contributed by atoms with Crippen molar-refractivity contribution in [3.63, 3.8) is 0 Å². The molecule has 0 bridgehead atoms. The van der Waals surface area contributed by atoms with Crippen LogP contribution in [0, 0.1) is 11.8 Å². The lowest BCUT2D eigenvalue weighted by atomic mass is 10.1. The number of halogens is 2. The average molecular weight is 292 g/mol. The molecule has 7 heteroatoms. The summed E-state index contributed by atoms with van der Waals surface area (Å²) in [6.07, 6.45) is 3.14. The molecular weight excluding hydrogens is 282 g/mol. The maximum atomic E-state index is 12.4. The van der Waals surface area contributed by atoms with E-state index in [1.807, 2.05) is 0 Å². The molecule has 0 radical (unpaired) electrons. The first-order valence-corrected chi connectivity index (χ1v) is 5.79. The maximum absolute atomic E-state index is 12.4. The van der Waals surface area contributed by atoms with E-state index in [0.29, 0.717) is 5.56 Å². The second-order valence-electron chi connectivity index (χ2n) is 4.02. The molecule has 1 aromatic heterocycles. The molecule has 108 valence electrons. The monoisotopic (exact) mass is 292 g/mol. The van der Waals surface area contributed by atoms with Gasteiger partial charge in [0, 0.05) is 13.2 Å². The van der Waals surface area contributed by atoms with Crippen LogP contribution >= 0.6 is 0 Å². The largest absolute Gasteiger partial charge is 0.478 e. The van der Waals surface area contributed by atoms with E-state index in [2.05, 4.69) is 21.7 Å². The number of carbonyl (C=O) groups is 1. The Labute approximate surface area is 118 Å². The summed E-state index contributed by atoms with van der Waals surface area (Å²) in [6, 6.07) is 4.00. The molecule has 2 rings (SSSR count). The molecule has 0 saturated heterocycles. The zero-order chi connectivity index (χ0) is 15.4. The van der Waals surface area contributed by atoms with Crippen LogP contribution in [-0.4, -0.2) is 27.5 Å². The molecule has 0 atom stereocenters. The van der Waals surface area contributed by atoms with Gasteiger partial charge >= 0.3 is 12.6 Å². The van der Waals surface area contributed by atoms with Crippen LogP contribution in [0.1, 0.15) is 21.5 Å². The Morgan fingerprint density at radius 1 is 1.43 bits per heavy atom. The van der Waals surface area contributed by atoms with E-state index in [4.69, 9.17) is 5.11 Å². The van der Waals surface area contributed by atoms with E-state index in [0.717, 1.165) is 0 Å². The van der Waals surface area contributed by atoms with E-state index < -0.39 is 18.3 Å². The standard InChI is InChI=1S/C14H10F2N2O3/c1-18-8-9(7-17-18)5-6-10-3-2-4-11(13(19)20)12(10)21-14(15)16/h2-4,7-8,14H,1H3,(H,19,20). The van der Waals surface area contributed by atoms with Crippen molar-refractivity contribution in [1.29, 1.82) is 0 Å². The molecule has 0 aliphatic rings.